The van der Waals surface area contributed by atoms with Gasteiger partial charge in [0.15, 0.2) is 11.5 Å². The standard InChI is InChI=1S/C20H22O3.C18H22O5.3C16H20O4/c1-3-14-13-17(18(21)16-10-6-5-9-15(14)16)19(22)23-20(4-2)11-7-8-12-20;1-4-18(9-5-6-10-18)23-17(21)14-11-13(7-8-15(14)19)22-16(20)12(2)3;1-3-11-7-8-12(17)13(14(11)18)15(19)20-16(4-2)9-5-6-10-16;1-3-11-9-12(17)14(13(18)10-11)15(19)20-16(4-2)7-5-6-8-16;1-3-11-9-12(14(18)13(17)10-11)15(19)20-16(4-2)7-5-6-8-16/h3,5-6,9-10,13,21H,1,4,7-8,11-12H2,2H3;7-8,11,19H,2,4-6,9-10H2,1,3H3;3,7-8,17-18H,1,4-6,9-10H2,2H3;2*3,9-10,17-18H,1,4-8H2,2H3. The summed E-state index contributed by atoms with van der Waals surface area (Å²) in [4.78, 5) is 73.5. The van der Waals surface area contributed by atoms with Crippen molar-refractivity contribution in [3.05, 3.63) is 173 Å². The molecule has 106 heavy (non-hydrogen) atoms. The van der Waals surface area contributed by atoms with Crippen molar-refractivity contribution in [3.63, 3.8) is 0 Å². The molecule has 5 aliphatic carbocycles. The molecule has 6 aromatic rings. The van der Waals surface area contributed by atoms with Gasteiger partial charge in [-0.05, 0) is 250 Å². The highest BCUT2D eigenvalue weighted by molar-refractivity contribution is 6.05. The van der Waals surface area contributed by atoms with Gasteiger partial charge in [-0.25, -0.2) is 28.8 Å². The minimum Gasteiger partial charge on any atom is -0.507 e. The summed E-state index contributed by atoms with van der Waals surface area (Å²) in [6.07, 6.45) is 28.9. The number of phenolic OH excluding ortho intramolecular Hbond substituents is 8. The highest BCUT2D eigenvalue weighted by Crippen LogP contribution is 2.45. The summed E-state index contributed by atoms with van der Waals surface area (Å²) in [5, 5.41) is 81.1. The van der Waals surface area contributed by atoms with Gasteiger partial charge in [-0.2, -0.15) is 0 Å². The molecule has 0 atom stereocenters. The molecule has 0 aliphatic heterocycles. The van der Waals surface area contributed by atoms with Crippen molar-refractivity contribution in [2.75, 3.05) is 0 Å². The molecule has 8 N–H and O–H groups in total. The Kier molecular flexibility index (Phi) is 28.9. The van der Waals surface area contributed by atoms with Crippen molar-refractivity contribution in [1.29, 1.82) is 0 Å². The normalized spacial score (nSPS) is 16.5. The number of aromatic hydroxyl groups is 8. The van der Waals surface area contributed by atoms with Gasteiger partial charge in [-0.3, -0.25) is 0 Å². The van der Waals surface area contributed by atoms with E-state index in [1.165, 1.54) is 79.7 Å². The van der Waals surface area contributed by atoms with Crippen LogP contribution in [-0.4, -0.2) is 105 Å². The third-order valence-corrected chi connectivity index (χ3v) is 21.3. The lowest BCUT2D eigenvalue weighted by atomic mass is 9.97. The van der Waals surface area contributed by atoms with Gasteiger partial charge < -0.3 is 69.3 Å². The highest BCUT2D eigenvalue weighted by Gasteiger charge is 2.42. The maximum atomic E-state index is 12.7. The topological polar surface area (TPSA) is 320 Å². The molecule has 0 saturated heterocycles. The van der Waals surface area contributed by atoms with Gasteiger partial charge in [-0.15, -0.1) is 0 Å². The van der Waals surface area contributed by atoms with Crippen LogP contribution >= 0.6 is 0 Å². The van der Waals surface area contributed by atoms with Crippen LogP contribution in [0.25, 0.3) is 35.1 Å². The van der Waals surface area contributed by atoms with E-state index in [9.17, 15) is 69.6 Å². The first-order valence-corrected chi connectivity index (χ1v) is 36.8. The molecule has 6 aromatic carbocycles. The smallest absolute Gasteiger partial charge is 0.346 e. The van der Waals surface area contributed by atoms with Crippen molar-refractivity contribution >= 4 is 70.9 Å². The Morgan fingerprint density at radius 1 is 0.368 bits per heavy atom. The zero-order valence-electron chi connectivity index (χ0n) is 62.1. The number of carbonyl (C=O) groups is 6. The van der Waals surface area contributed by atoms with E-state index >= 15 is 0 Å². The predicted molar refractivity (Wildman–Crippen MR) is 408 cm³/mol. The monoisotopic (exact) mass is 1460 g/mol. The summed E-state index contributed by atoms with van der Waals surface area (Å²) in [5.41, 5.74) is 0.264. The van der Waals surface area contributed by atoms with Crippen LogP contribution in [0.15, 0.2) is 123 Å². The van der Waals surface area contributed by atoms with Crippen molar-refractivity contribution in [2.45, 2.75) is 230 Å². The summed E-state index contributed by atoms with van der Waals surface area (Å²) >= 11 is 0. The van der Waals surface area contributed by atoms with Crippen LogP contribution < -0.4 is 4.74 Å². The van der Waals surface area contributed by atoms with Crippen LogP contribution in [0.1, 0.15) is 276 Å². The van der Waals surface area contributed by atoms with Crippen LogP contribution in [0.4, 0.5) is 0 Å². The van der Waals surface area contributed by atoms with Gasteiger partial charge in [0.25, 0.3) is 0 Å². The van der Waals surface area contributed by atoms with E-state index < -0.39 is 64.0 Å². The van der Waals surface area contributed by atoms with E-state index in [1.807, 2.05) is 52.8 Å². The van der Waals surface area contributed by atoms with Gasteiger partial charge in [0.2, 0.25) is 0 Å². The van der Waals surface area contributed by atoms with Crippen LogP contribution in [0, 0.1) is 0 Å². The van der Waals surface area contributed by atoms with Gasteiger partial charge in [0.05, 0.1) is 0 Å². The number of carbonyl (C=O) groups excluding carboxylic acids is 6. The third-order valence-electron chi connectivity index (χ3n) is 21.3. The lowest BCUT2D eigenvalue weighted by molar-refractivity contribution is -0.130. The first-order chi connectivity index (χ1) is 50.5. The van der Waals surface area contributed by atoms with Gasteiger partial charge >= 0.3 is 35.8 Å². The number of rotatable bonds is 21. The second kappa shape index (κ2) is 37.0. The molecule has 0 radical (unpaired) electrons. The summed E-state index contributed by atoms with van der Waals surface area (Å²) in [5.74, 6) is -5.52. The van der Waals surface area contributed by atoms with Gasteiger partial charge in [-0.1, -0.05) is 116 Å². The van der Waals surface area contributed by atoms with E-state index in [1.54, 1.807) is 18.2 Å². The number of benzene rings is 6. The Balaban J connectivity index is 0.000000185. The first-order valence-electron chi connectivity index (χ1n) is 36.8. The zero-order valence-corrected chi connectivity index (χ0v) is 62.1. The van der Waals surface area contributed by atoms with E-state index in [0.29, 0.717) is 22.1 Å². The van der Waals surface area contributed by atoms with Gasteiger partial charge in [0, 0.05) is 16.5 Å². The largest absolute Gasteiger partial charge is 0.507 e. The van der Waals surface area contributed by atoms with E-state index in [2.05, 4.69) is 32.9 Å². The molecule has 0 bridgehead atoms. The Morgan fingerprint density at radius 2 is 0.726 bits per heavy atom. The molecule has 5 saturated carbocycles. The molecule has 568 valence electrons. The predicted octanol–water partition coefficient (Wildman–Crippen LogP) is 19.7. The number of phenols is 8. The minimum atomic E-state index is -0.674. The zero-order chi connectivity index (χ0) is 77.7. The lowest BCUT2D eigenvalue weighted by Gasteiger charge is -2.28. The Morgan fingerprint density at radius 3 is 1.12 bits per heavy atom. The minimum absolute atomic E-state index is 0.00302. The number of hydrogen-bond acceptors (Lipinski definition) is 20. The van der Waals surface area contributed by atoms with E-state index in [0.717, 1.165) is 171 Å². The highest BCUT2D eigenvalue weighted by atomic mass is 16.6. The summed E-state index contributed by atoms with van der Waals surface area (Å²) in [6, 6.07) is 21.6. The average molecular weight is 1460 g/mol. The molecular formula is C86H104O20. The summed E-state index contributed by atoms with van der Waals surface area (Å²) < 4.78 is 33.4. The van der Waals surface area contributed by atoms with Crippen LogP contribution in [0.5, 0.6) is 51.7 Å². The molecule has 0 unspecified atom stereocenters. The molecule has 0 aromatic heterocycles. The van der Waals surface area contributed by atoms with Crippen molar-refractivity contribution in [2.24, 2.45) is 0 Å². The lowest BCUT2D eigenvalue weighted by Crippen LogP contribution is -2.31. The third kappa shape index (κ3) is 20.1. The second-order valence-electron chi connectivity index (χ2n) is 28.0. The van der Waals surface area contributed by atoms with Crippen LogP contribution in [0.3, 0.4) is 0 Å². The fourth-order valence-corrected chi connectivity index (χ4v) is 14.5. The molecule has 0 amide bonds. The average Bonchev–Trinajstić information content (AvgIpc) is 0.918. The molecule has 20 nitrogen and oxygen atoms in total. The SMILES string of the molecule is C=C(C)C(=O)Oc1ccc(O)c(C(=O)OC2(CC)CCCC2)c1.C=Cc1cc(C(=O)OC2(CC)CCCC2)c(O)c2ccccc12.C=Cc1cc(O)c(C(=O)OC2(CC)CCCC2)c(O)c1.C=Cc1cc(O)c(O)c(C(=O)OC2(CC)CCCC2)c1.C=Cc1ccc(O)c(C(=O)OC2(CC)CCCC2)c1O. The van der Waals surface area contributed by atoms with Crippen molar-refractivity contribution in [3.8, 4) is 51.7 Å². The fourth-order valence-electron chi connectivity index (χ4n) is 14.5. The van der Waals surface area contributed by atoms with Gasteiger partial charge in [0.1, 0.15) is 96.1 Å². The van der Waals surface area contributed by atoms with Crippen molar-refractivity contribution < 1.29 is 98.0 Å². The molecule has 11 rings (SSSR count). The maximum Gasteiger partial charge on any atom is 0.346 e. The van der Waals surface area contributed by atoms with Crippen molar-refractivity contribution in [1.82, 2.24) is 0 Å². The van der Waals surface area contributed by atoms with Crippen LogP contribution in [-0.2, 0) is 28.5 Å². The molecule has 0 heterocycles. The van der Waals surface area contributed by atoms with Crippen LogP contribution in [0.2, 0.25) is 0 Å². The number of esters is 6. The molecule has 5 fully saturated rings. The number of hydrogen-bond donors (Lipinski definition) is 8. The van der Waals surface area contributed by atoms with E-state index in [4.69, 9.17) is 28.4 Å². The molecular weight excluding hydrogens is 1350 g/mol. The Bertz CT molecular complexity index is 4180. The quantitative estimate of drug-likeness (QED) is 0.0109. The Labute approximate surface area is 621 Å². The number of fused-ring (bicyclic) bond motifs is 1. The molecule has 0 spiro atoms. The first kappa shape index (κ1) is 82.8. The maximum absolute atomic E-state index is 12.7. The number of ether oxygens (including phenoxy) is 6. The summed E-state index contributed by atoms with van der Waals surface area (Å²) in [6.45, 7) is 29.6. The molecule has 5 aliphatic rings. The Hall–Kier alpha value is -10.5. The fraction of sp³-hybridized carbons (Fsp3) is 0.419. The summed E-state index contributed by atoms with van der Waals surface area (Å²) in [7, 11) is 0. The molecule has 20 heteroatoms. The van der Waals surface area contributed by atoms with E-state index in [-0.39, 0.29) is 85.0 Å². The second-order valence-corrected chi connectivity index (χ2v) is 28.0.